The van der Waals surface area contributed by atoms with Gasteiger partial charge in [0.25, 0.3) is 0 Å². The number of rotatable bonds is 4. The van der Waals surface area contributed by atoms with E-state index in [1.807, 2.05) is 40.2 Å². The molecule has 0 aromatic carbocycles. The Morgan fingerprint density at radius 3 is 2.81 bits per heavy atom. The molecule has 16 heavy (non-hydrogen) atoms. The molecule has 0 N–H and O–H groups in total. The molecule has 0 fully saturated rings. The first kappa shape index (κ1) is 12.5. The zero-order valence-electron chi connectivity index (χ0n) is 10.4. The van der Waals surface area contributed by atoms with Crippen molar-refractivity contribution >= 4 is 5.91 Å². The van der Waals surface area contributed by atoms with Crippen LogP contribution in [0.3, 0.4) is 0 Å². The van der Waals surface area contributed by atoms with E-state index in [1.54, 1.807) is 15.8 Å². The number of allylic oxidation sites excluding steroid dienone is 1. The second-order valence-electron chi connectivity index (χ2n) is 3.98. The highest BCUT2D eigenvalue weighted by Gasteiger charge is 2.11. The molecule has 1 amide bonds. The molecule has 0 spiro atoms. The molecule has 0 atom stereocenters. The number of aromatic nitrogens is 2. The monoisotopic (exact) mass is 221 g/mol. The van der Waals surface area contributed by atoms with E-state index in [1.165, 1.54) is 0 Å². The van der Waals surface area contributed by atoms with Crippen LogP contribution in [-0.2, 0) is 18.4 Å². The van der Waals surface area contributed by atoms with Gasteiger partial charge in [0.1, 0.15) is 0 Å². The van der Waals surface area contributed by atoms with Crippen LogP contribution in [0.1, 0.15) is 25.8 Å². The van der Waals surface area contributed by atoms with Crippen LogP contribution in [0, 0.1) is 0 Å². The fraction of sp³-hybridized carbons (Fsp3) is 0.500. The van der Waals surface area contributed by atoms with Crippen LogP contribution in [0.5, 0.6) is 0 Å². The molecule has 1 aromatic heterocycles. The predicted octanol–water partition coefficient (Wildman–Crippen LogP) is 1.73. The molecule has 1 rings (SSSR count). The summed E-state index contributed by atoms with van der Waals surface area (Å²) in [4.78, 5) is 13.6. The minimum absolute atomic E-state index is 0.0747. The Morgan fingerprint density at radius 1 is 1.62 bits per heavy atom. The molecule has 4 nitrogen and oxygen atoms in total. The molecular weight excluding hydrogens is 202 g/mol. The standard InChI is InChI=1S/C12H19N3O/c1-5-6-10(2)12(16)14(3)8-11-7-13-15(4)9-11/h6-7,9H,5,8H2,1-4H3. The van der Waals surface area contributed by atoms with Gasteiger partial charge in [-0.05, 0) is 13.3 Å². The summed E-state index contributed by atoms with van der Waals surface area (Å²) in [5.74, 6) is 0.0747. The van der Waals surface area contributed by atoms with Crippen LogP contribution in [0.15, 0.2) is 24.0 Å². The molecule has 0 unspecified atom stereocenters. The number of likely N-dealkylation sites (N-methyl/N-ethyl adjacent to an activating group) is 1. The number of carbonyl (C=O) groups is 1. The molecule has 88 valence electrons. The van der Waals surface area contributed by atoms with Gasteiger partial charge in [0.15, 0.2) is 0 Å². The lowest BCUT2D eigenvalue weighted by Crippen LogP contribution is -2.26. The largest absolute Gasteiger partial charge is 0.338 e. The lowest BCUT2D eigenvalue weighted by Gasteiger charge is -2.16. The van der Waals surface area contributed by atoms with Gasteiger partial charge in [-0.3, -0.25) is 9.48 Å². The normalized spacial score (nSPS) is 11.6. The predicted molar refractivity (Wildman–Crippen MR) is 63.7 cm³/mol. The Kier molecular flexibility index (Phi) is 4.28. The zero-order valence-corrected chi connectivity index (χ0v) is 10.4. The molecule has 0 aliphatic carbocycles. The Morgan fingerprint density at radius 2 is 2.31 bits per heavy atom. The average molecular weight is 221 g/mol. The molecular formula is C12H19N3O. The zero-order chi connectivity index (χ0) is 12.1. The first-order chi connectivity index (χ1) is 7.54. The number of hydrogen-bond acceptors (Lipinski definition) is 2. The van der Waals surface area contributed by atoms with Gasteiger partial charge in [-0.2, -0.15) is 5.10 Å². The van der Waals surface area contributed by atoms with E-state index in [0.29, 0.717) is 6.54 Å². The van der Waals surface area contributed by atoms with Crippen LogP contribution < -0.4 is 0 Å². The number of nitrogens with zero attached hydrogens (tertiary/aromatic N) is 3. The third kappa shape index (κ3) is 3.22. The highest BCUT2D eigenvalue weighted by atomic mass is 16.2. The highest BCUT2D eigenvalue weighted by Crippen LogP contribution is 2.06. The molecule has 0 aliphatic heterocycles. The fourth-order valence-electron chi connectivity index (χ4n) is 1.59. The average Bonchev–Trinajstić information content (AvgIpc) is 2.63. The maximum atomic E-state index is 11.9. The van der Waals surface area contributed by atoms with Gasteiger partial charge in [0.2, 0.25) is 5.91 Å². The van der Waals surface area contributed by atoms with Gasteiger partial charge in [-0.1, -0.05) is 13.0 Å². The number of aryl methyl sites for hydroxylation is 1. The Hall–Kier alpha value is -1.58. The SMILES string of the molecule is CCC=C(C)C(=O)N(C)Cc1cnn(C)c1. The van der Waals surface area contributed by atoms with E-state index >= 15 is 0 Å². The van der Waals surface area contributed by atoms with Gasteiger partial charge in [-0.15, -0.1) is 0 Å². The molecule has 1 heterocycles. The van der Waals surface area contributed by atoms with Crippen molar-refractivity contribution in [1.29, 1.82) is 0 Å². The number of carbonyl (C=O) groups excluding carboxylic acids is 1. The van der Waals surface area contributed by atoms with E-state index in [2.05, 4.69) is 5.10 Å². The highest BCUT2D eigenvalue weighted by molar-refractivity contribution is 5.92. The maximum Gasteiger partial charge on any atom is 0.249 e. The van der Waals surface area contributed by atoms with Crippen LogP contribution in [0.4, 0.5) is 0 Å². The van der Waals surface area contributed by atoms with Crippen LogP contribution in [-0.4, -0.2) is 27.6 Å². The second-order valence-corrected chi connectivity index (χ2v) is 3.98. The summed E-state index contributed by atoms with van der Waals surface area (Å²) >= 11 is 0. The van der Waals surface area contributed by atoms with Gasteiger partial charge >= 0.3 is 0 Å². The summed E-state index contributed by atoms with van der Waals surface area (Å²) < 4.78 is 1.74. The van der Waals surface area contributed by atoms with Crippen molar-refractivity contribution in [2.45, 2.75) is 26.8 Å². The van der Waals surface area contributed by atoms with Crippen molar-refractivity contribution < 1.29 is 4.79 Å². The topological polar surface area (TPSA) is 38.1 Å². The van der Waals surface area contributed by atoms with Crippen molar-refractivity contribution in [3.63, 3.8) is 0 Å². The van der Waals surface area contributed by atoms with Crippen LogP contribution in [0.2, 0.25) is 0 Å². The third-order valence-electron chi connectivity index (χ3n) is 2.37. The van der Waals surface area contributed by atoms with Crippen molar-refractivity contribution in [2.75, 3.05) is 7.05 Å². The van der Waals surface area contributed by atoms with E-state index in [0.717, 1.165) is 17.6 Å². The van der Waals surface area contributed by atoms with Crippen molar-refractivity contribution in [3.8, 4) is 0 Å². The first-order valence-corrected chi connectivity index (χ1v) is 5.44. The minimum atomic E-state index is 0.0747. The number of hydrogen-bond donors (Lipinski definition) is 0. The van der Waals surface area contributed by atoms with Gasteiger partial charge in [-0.25, -0.2) is 0 Å². The molecule has 4 heteroatoms. The first-order valence-electron chi connectivity index (χ1n) is 5.44. The summed E-state index contributed by atoms with van der Waals surface area (Å²) in [6.45, 7) is 4.48. The summed E-state index contributed by atoms with van der Waals surface area (Å²) in [6.07, 6.45) is 6.53. The Bertz CT molecular complexity index is 393. The molecule has 0 saturated carbocycles. The third-order valence-corrected chi connectivity index (χ3v) is 2.37. The smallest absolute Gasteiger partial charge is 0.249 e. The van der Waals surface area contributed by atoms with Gasteiger partial charge < -0.3 is 4.90 Å². The van der Waals surface area contributed by atoms with Crippen molar-refractivity contribution in [1.82, 2.24) is 14.7 Å². The lowest BCUT2D eigenvalue weighted by atomic mass is 10.2. The van der Waals surface area contributed by atoms with E-state index < -0.39 is 0 Å². The quantitative estimate of drug-likeness (QED) is 0.726. The minimum Gasteiger partial charge on any atom is -0.338 e. The summed E-state index contributed by atoms with van der Waals surface area (Å²) in [5, 5.41) is 4.07. The van der Waals surface area contributed by atoms with Crippen LogP contribution in [0.25, 0.3) is 0 Å². The van der Waals surface area contributed by atoms with Crippen molar-refractivity contribution in [3.05, 3.63) is 29.6 Å². The fourth-order valence-corrected chi connectivity index (χ4v) is 1.59. The van der Waals surface area contributed by atoms with E-state index in [-0.39, 0.29) is 5.91 Å². The Labute approximate surface area is 96.6 Å². The Balaban J connectivity index is 2.62. The second kappa shape index (κ2) is 5.49. The number of amides is 1. The summed E-state index contributed by atoms with van der Waals surface area (Å²) in [7, 11) is 3.68. The molecule has 0 radical (unpaired) electrons. The lowest BCUT2D eigenvalue weighted by molar-refractivity contribution is -0.126. The van der Waals surface area contributed by atoms with Crippen molar-refractivity contribution in [2.24, 2.45) is 7.05 Å². The summed E-state index contributed by atoms with van der Waals surface area (Å²) in [6, 6.07) is 0. The van der Waals surface area contributed by atoms with E-state index in [4.69, 9.17) is 0 Å². The summed E-state index contributed by atoms with van der Waals surface area (Å²) in [5.41, 5.74) is 1.84. The maximum absolute atomic E-state index is 11.9. The van der Waals surface area contributed by atoms with Gasteiger partial charge in [0.05, 0.1) is 6.20 Å². The molecule has 0 aliphatic rings. The van der Waals surface area contributed by atoms with Gasteiger partial charge in [0, 0.05) is 38.0 Å². The molecule has 1 aromatic rings. The van der Waals surface area contributed by atoms with E-state index in [9.17, 15) is 4.79 Å². The van der Waals surface area contributed by atoms with Crippen LogP contribution >= 0.6 is 0 Å². The molecule has 0 bridgehead atoms. The molecule has 0 saturated heterocycles.